The van der Waals surface area contributed by atoms with Gasteiger partial charge in [0.2, 0.25) is 0 Å². The van der Waals surface area contributed by atoms with Crippen molar-refractivity contribution in [2.24, 2.45) is 0 Å². The Morgan fingerprint density at radius 3 is 2.12 bits per heavy atom. The molecule has 4 aromatic carbocycles. The highest BCUT2D eigenvalue weighted by Gasteiger charge is 2.18. The lowest BCUT2D eigenvalue weighted by Gasteiger charge is -2.02. The fourth-order valence-electron chi connectivity index (χ4n) is 4.27. The van der Waals surface area contributed by atoms with Crippen molar-refractivity contribution in [2.75, 3.05) is 7.11 Å². The number of benzene rings is 4. The lowest BCUT2D eigenvalue weighted by Crippen LogP contribution is -1.82. The van der Waals surface area contributed by atoms with Crippen LogP contribution in [0.15, 0.2) is 72.8 Å². The Bertz CT molecular complexity index is 1420. The third kappa shape index (κ3) is 1.54. The fraction of sp³-hybridized carbons (Fsp3) is 0.0435. The van der Waals surface area contributed by atoms with Gasteiger partial charge in [-0.3, -0.25) is 0 Å². The third-order valence-electron chi connectivity index (χ3n) is 5.37. The molecule has 0 aliphatic carbocycles. The summed E-state index contributed by atoms with van der Waals surface area (Å²) in [6.45, 7) is 0. The molecule has 0 saturated carbocycles. The van der Waals surface area contributed by atoms with E-state index >= 15 is 0 Å². The monoisotopic (exact) mass is 321 g/mol. The van der Waals surface area contributed by atoms with E-state index in [4.69, 9.17) is 4.74 Å². The van der Waals surface area contributed by atoms with E-state index in [2.05, 4.69) is 77.2 Å². The second-order valence-electron chi connectivity index (χ2n) is 6.64. The Kier molecular flexibility index (Phi) is 2.31. The lowest BCUT2D eigenvalue weighted by molar-refractivity contribution is 0.416. The zero-order valence-electron chi connectivity index (χ0n) is 13.8. The molecule has 0 saturated heterocycles. The molecule has 2 heteroatoms. The summed E-state index contributed by atoms with van der Waals surface area (Å²) in [5, 5.41) is 7.61. The molecule has 0 spiro atoms. The summed E-state index contributed by atoms with van der Waals surface area (Å²) >= 11 is 0. The number of rotatable bonds is 1. The van der Waals surface area contributed by atoms with Gasteiger partial charge in [-0.2, -0.15) is 0 Å². The Morgan fingerprint density at radius 2 is 1.32 bits per heavy atom. The number of aromatic nitrogens is 1. The molecule has 0 N–H and O–H groups in total. The summed E-state index contributed by atoms with van der Waals surface area (Å²) < 4.78 is 8.00. The van der Waals surface area contributed by atoms with Crippen molar-refractivity contribution in [3.63, 3.8) is 0 Å². The predicted octanol–water partition coefficient (Wildman–Crippen LogP) is 6.00. The molecule has 2 heterocycles. The maximum atomic E-state index is 5.60. The van der Waals surface area contributed by atoms with E-state index in [0.29, 0.717) is 0 Å². The molecule has 2 aromatic heterocycles. The van der Waals surface area contributed by atoms with Crippen molar-refractivity contribution in [3.8, 4) is 5.75 Å². The molecule has 0 atom stereocenters. The summed E-state index contributed by atoms with van der Waals surface area (Å²) in [6, 6.07) is 26.1. The van der Waals surface area contributed by atoms with Gasteiger partial charge in [0.15, 0.2) is 0 Å². The van der Waals surface area contributed by atoms with Gasteiger partial charge in [-0.25, -0.2) is 0 Å². The minimum Gasteiger partial charge on any atom is -0.497 e. The van der Waals surface area contributed by atoms with Crippen molar-refractivity contribution >= 4 is 48.9 Å². The van der Waals surface area contributed by atoms with Crippen LogP contribution in [-0.4, -0.2) is 11.5 Å². The first-order valence-electron chi connectivity index (χ1n) is 8.50. The molecule has 0 amide bonds. The molecule has 0 fully saturated rings. The number of hydrogen-bond acceptors (Lipinski definition) is 1. The molecular weight excluding hydrogens is 306 g/mol. The van der Waals surface area contributed by atoms with Crippen LogP contribution < -0.4 is 4.74 Å². The molecule has 0 aliphatic rings. The van der Waals surface area contributed by atoms with Crippen molar-refractivity contribution in [1.82, 2.24) is 4.40 Å². The molecule has 0 bridgehead atoms. The molecular formula is C23H15NO. The van der Waals surface area contributed by atoms with E-state index in [9.17, 15) is 0 Å². The molecule has 6 aromatic rings. The van der Waals surface area contributed by atoms with E-state index in [1.807, 2.05) is 0 Å². The van der Waals surface area contributed by atoms with Gasteiger partial charge in [-0.1, -0.05) is 42.5 Å². The first kappa shape index (κ1) is 13.1. The summed E-state index contributed by atoms with van der Waals surface area (Å²) in [7, 11) is 1.74. The summed E-state index contributed by atoms with van der Waals surface area (Å²) in [5.41, 5.74) is 3.79. The SMILES string of the molecule is COc1cc2c3ccccc3n3c4cc5ccccc5cc4c(c1)c23. The summed E-state index contributed by atoms with van der Waals surface area (Å²) in [4.78, 5) is 0. The summed E-state index contributed by atoms with van der Waals surface area (Å²) in [6.07, 6.45) is 0. The van der Waals surface area contributed by atoms with Gasteiger partial charge in [0.25, 0.3) is 0 Å². The van der Waals surface area contributed by atoms with Crippen molar-refractivity contribution in [1.29, 1.82) is 0 Å². The minimum atomic E-state index is 0.909. The van der Waals surface area contributed by atoms with Gasteiger partial charge in [0, 0.05) is 21.5 Å². The zero-order valence-corrected chi connectivity index (χ0v) is 13.8. The predicted molar refractivity (Wildman–Crippen MR) is 105 cm³/mol. The smallest absolute Gasteiger partial charge is 0.120 e. The highest BCUT2D eigenvalue weighted by molar-refractivity contribution is 6.25. The maximum Gasteiger partial charge on any atom is 0.120 e. The third-order valence-corrected chi connectivity index (χ3v) is 5.37. The molecule has 0 aliphatic heterocycles. The molecule has 25 heavy (non-hydrogen) atoms. The van der Waals surface area contributed by atoms with Crippen LogP contribution in [0.5, 0.6) is 5.75 Å². The fourth-order valence-corrected chi connectivity index (χ4v) is 4.27. The summed E-state index contributed by atoms with van der Waals surface area (Å²) in [5.74, 6) is 0.909. The Hall–Kier alpha value is -3.26. The lowest BCUT2D eigenvalue weighted by atomic mass is 10.0. The molecule has 118 valence electrons. The van der Waals surface area contributed by atoms with Crippen molar-refractivity contribution < 1.29 is 4.74 Å². The molecule has 0 radical (unpaired) electrons. The molecule has 6 rings (SSSR count). The van der Waals surface area contributed by atoms with Crippen LogP contribution in [-0.2, 0) is 0 Å². The van der Waals surface area contributed by atoms with E-state index in [-0.39, 0.29) is 0 Å². The van der Waals surface area contributed by atoms with Crippen molar-refractivity contribution in [2.45, 2.75) is 0 Å². The van der Waals surface area contributed by atoms with Gasteiger partial charge in [-0.15, -0.1) is 0 Å². The normalized spacial score (nSPS) is 12.2. The van der Waals surface area contributed by atoms with Gasteiger partial charge in [-0.05, 0) is 41.1 Å². The first-order valence-corrected chi connectivity index (χ1v) is 8.50. The van der Waals surface area contributed by atoms with Crippen LogP contribution in [0.3, 0.4) is 0 Å². The Balaban J connectivity index is 2.00. The number of hydrogen-bond donors (Lipinski definition) is 0. The highest BCUT2D eigenvalue weighted by atomic mass is 16.5. The topological polar surface area (TPSA) is 13.6 Å². The van der Waals surface area contributed by atoms with Gasteiger partial charge < -0.3 is 9.14 Å². The van der Waals surface area contributed by atoms with Crippen LogP contribution in [0, 0.1) is 0 Å². The van der Waals surface area contributed by atoms with Crippen LogP contribution >= 0.6 is 0 Å². The first-order chi connectivity index (χ1) is 12.3. The van der Waals surface area contributed by atoms with Crippen molar-refractivity contribution in [3.05, 3.63) is 72.8 Å². The average Bonchev–Trinajstić information content (AvgIpc) is 3.17. The highest BCUT2D eigenvalue weighted by Crippen LogP contribution is 2.42. The van der Waals surface area contributed by atoms with Crippen LogP contribution in [0.1, 0.15) is 0 Å². The Morgan fingerprint density at radius 1 is 0.640 bits per heavy atom. The Labute approximate surface area is 144 Å². The van der Waals surface area contributed by atoms with E-state index in [1.54, 1.807) is 7.11 Å². The molecule has 0 unspecified atom stereocenters. The number of methoxy groups -OCH3 is 1. The van der Waals surface area contributed by atoms with E-state index in [1.165, 1.54) is 48.9 Å². The van der Waals surface area contributed by atoms with Gasteiger partial charge >= 0.3 is 0 Å². The van der Waals surface area contributed by atoms with E-state index in [0.717, 1.165) is 5.75 Å². The van der Waals surface area contributed by atoms with Gasteiger partial charge in [0.05, 0.1) is 23.7 Å². The second kappa shape index (κ2) is 4.42. The molecule has 2 nitrogen and oxygen atoms in total. The number of ether oxygens (including phenoxy) is 1. The number of para-hydroxylation sites is 1. The van der Waals surface area contributed by atoms with Crippen LogP contribution in [0.2, 0.25) is 0 Å². The van der Waals surface area contributed by atoms with Gasteiger partial charge in [0.1, 0.15) is 5.75 Å². The maximum absolute atomic E-state index is 5.60. The average molecular weight is 321 g/mol. The zero-order chi connectivity index (χ0) is 16.5. The van der Waals surface area contributed by atoms with E-state index < -0.39 is 0 Å². The largest absolute Gasteiger partial charge is 0.497 e. The number of nitrogens with zero attached hydrogens (tertiary/aromatic N) is 1. The second-order valence-corrected chi connectivity index (χ2v) is 6.64. The number of fused-ring (bicyclic) bond motifs is 7. The quantitative estimate of drug-likeness (QED) is 0.362. The van der Waals surface area contributed by atoms with Crippen LogP contribution in [0.25, 0.3) is 48.9 Å². The minimum absolute atomic E-state index is 0.909. The van der Waals surface area contributed by atoms with Crippen LogP contribution in [0.4, 0.5) is 0 Å². The standard InChI is InChI=1S/C23H15NO/c1-25-16-12-19-17-8-4-5-9-21(17)24-22-11-15-7-3-2-6-14(15)10-18(22)20(13-16)23(19)24/h2-13H,1H3.